The lowest BCUT2D eigenvalue weighted by Gasteiger charge is -2.23. The molecule has 1 saturated heterocycles. The molecule has 39 heavy (non-hydrogen) atoms. The van der Waals surface area contributed by atoms with Gasteiger partial charge >= 0.3 is 0 Å². The molecular weight excluding hydrogens is 488 g/mol. The number of ether oxygens (including phenoxy) is 1. The van der Waals surface area contributed by atoms with Crippen LogP contribution in [0.2, 0.25) is 0 Å². The first-order valence-corrected chi connectivity index (χ1v) is 13.9. The van der Waals surface area contributed by atoms with E-state index in [1.807, 2.05) is 49.4 Å². The van der Waals surface area contributed by atoms with Gasteiger partial charge in [0.05, 0.1) is 11.3 Å². The number of fused-ring (bicyclic) bond motifs is 1. The quantitative estimate of drug-likeness (QED) is 0.288. The van der Waals surface area contributed by atoms with Crippen LogP contribution in [-0.4, -0.2) is 40.0 Å². The second-order valence-electron chi connectivity index (χ2n) is 11.1. The minimum atomic E-state index is 0.132. The van der Waals surface area contributed by atoms with E-state index in [0.29, 0.717) is 29.0 Å². The van der Waals surface area contributed by atoms with Gasteiger partial charge < -0.3 is 20.7 Å². The standard InChI is InChI=1S/C31H32N6O2/c1-19-9-10-21-22(6-2-8-25(21)36-28(38)24-17-31(24)12-13-31)27(19)39-29-23(7-4-15-33-29)26-11-16-34-30(37-26)35-20-5-3-14-32-18-20/h2,4,6-11,15-16,20,24,32H,3,5,12-14,17-18H2,1H3,(H,36,38)(H,34,35,37)/t20?,24-/m0/s1. The van der Waals surface area contributed by atoms with Crippen molar-refractivity contribution >= 4 is 28.3 Å². The van der Waals surface area contributed by atoms with Crippen LogP contribution in [0.15, 0.2) is 60.9 Å². The lowest BCUT2D eigenvalue weighted by Crippen LogP contribution is -2.38. The summed E-state index contributed by atoms with van der Waals surface area (Å²) in [5.74, 6) is 2.08. The van der Waals surface area contributed by atoms with E-state index < -0.39 is 0 Å². The first-order chi connectivity index (χ1) is 19.1. The van der Waals surface area contributed by atoms with Crippen molar-refractivity contribution in [2.24, 2.45) is 11.3 Å². The highest BCUT2D eigenvalue weighted by Crippen LogP contribution is 2.70. The Morgan fingerprint density at radius 3 is 2.79 bits per heavy atom. The molecule has 3 N–H and O–H groups in total. The predicted molar refractivity (Wildman–Crippen MR) is 152 cm³/mol. The molecule has 2 atom stereocenters. The van der Waals surface area contributed by atoms with Crippen molar-refractivity contribution in [2.45, 2.75) is 45.1 Å². The number of pyridine rings is 1. The molecular formula is C31H32N6O2. The van der Waals surface area contributed by atoms with Crippen molar-refractivity contribution in [3.63, 3.8) is 0 Å². The summed E-state index contributed by atoms with van der Waals surface area (Å²) in [7, 11) is 0. The van der Waals surface area contributed by atoms with E-state index in [0.717, 1.165) is 65.6 Å². The van der Waals surface area contributed by atoms with Crippen LogP contribution in [0.1, 0.15) is 37.7 Å². The molecule has 2 aromatic heterocycles. The molecule has 1 spiro atoms. The van der Waals surface area contributed by atoms with Gasteiger partial charge in [0.25, 0.3) is 0 Å². The van der Waals surface area contributed by atoms with Gasteiger partial charge in [-0.3, -0.25) is 4.79 Å². The number of rotatable bonds is 7. The summed E-state index contributed by atoms with van der Waals surface area (Å²) in [5, 5.41) is 11.9. The summed E-state index contributed by atoms with van der Waals surface area (Å²) in [6.07, 6.45) is 9.11. The Kier molecular flexibility index (Phi) is 5.92. The summed E-state index contributed by atoms with van der Waals surface area (Å²) in [4.78, 5) is 26.7. The summed E-state index contributed by atoms with van der Waals surface area (Å²) in [5.41, 5.74) is 3.64. The lowest BCUT2D eigenvalue weighted by molar-refractivity contribution is -0.117. The van der Waals surface area contributed by atoms with Crippen LogP contribution in [0.3, 0.4) is 0 Å². The largest absolute Gasteiger partial charge is 0.437 e. The molecule has 1 aliphatic heterocycles. The molecule has 3 aliphatic rings. The first-order valence-electron chi connectivity index (χ1n) is 13.9. The molecule has 3 fully saturated rings. The van der Waals surface area contributed by atoms with Crippen LogP contribution in [0.4, 0.5) is 11.6 Å². The van der Waals surface area contributed by atoms with Crippen molar-refractivity contribution in [3.05, 3.63) is 66.5 Å². The molecule has 7 rings (SSSR count). The van der Waals surface area contributed by atoms with E-state index >= 15 is 0 Å². The monoisotopic (exact) mass is 520 g/mol. The molecule has 2 aromatic carbocycles. The van der Waals surface area contributed by atoms with E-state index in [2.05, 4.69) is 32.0 Å². The average Bonchev–Trinajstić information content (AvgIpc) is 3.89. The number of nitrogens with zero attached hydrogens (tertiary/aromatic N) is 3. The Labute approximate surface area is 227 Å². The van der Waals surface area contributed by atoms with Gasteiger partial charge in [-0.2, -0.15) is 0 Å². The van der Waals surface area contributed by atoms with Crippen molar-refractivity contribution in [1.29, 1.82) is 0 Å². The zero-order valence-corrected chi connectivity index (χ0v) is 22.0. The lowest BCUT2D eigenvalue weighted by atomic mass is 10.0. The molecule has 3 heterocycles. The van der Waals surface area contributed by atoms with Gasteiger partial charge in [-0.1, -0.05) is 24.3 Å². The van der Waals surface area contributed by atoms with Crippen LogP contribution < -0.4 is 20.7 Å². The zero-order chi connectivity index (χ0) is 26.4. The number of benzene rings is 2. The minimum Gasteiger partial charge on any atom is -0.437 e. The van der Waals surface area contributed by atoms with Crippen molar-refractivity contribution < 1.29 is 9.53 Å². The fraction of sp³-hybridized carbons (Fsp3) is 0.355. The molecule has 2 aliphatic carbocycles. The van der Waals surface area contributed by atoms with Crippen LogP contribution in [0.5, 0.6) is 11.6 Å². The van der Waals surface area contributed by atoms with E-state index in [9.17, 15) is 4.79 Å². The maximum Gasteiger partial charge on any atom is 0.228 e. The fourth-order valence-electron chi connectivity index (χ4n) is 5.83. The van der Waals surface area contributed by atoms with Crippen LogP contribution in [-0.2, 0) is 4.79 Å². The number of hydrogen-bond donors (Lipinski definition) is 3. The molecule has 4 aromatic rings. The minimum absolute atomic E-state index is 0.132. The Balaban J connectivity index is 1.18. The second kappa shape index (κ2) is 9.61. The van der Waals surface area contributed by atoms with E-state index in [1.54, 1.807) is 12.4 Å². The Hall–Kier alpha value is -4.04. The van der Waals surface area contributed by atoms with Crippen molar-refractivity contribution in [1.82, 2.24) is 20.3 Å². The maximum atomic E-state index is 12.9. The number of nitrogens with one attached hydrogen (secondary N) is 3. The number of aryl methyl sites for hydroxylation is 1. The van der Waals surface area contributed by atoms with E-state index in [1.165, 1.54) is 12.8 Å². The normalized spacial score (nSPS) is 20.9. The number of carbonyl (C=O) groups excluding carboxylic acids is 1. The third kappa shape index (κ3) is 4.69. The topological polar surface area (TPSA) is 101 Å². The number of hydrogen-bond acceptors (Lipinski definition) is 7. The SMILES string of the molecule is Cc1ccc2c(NC(=O)[C@@H]3CC34CC4)cccc2c1Oc1ncccc1-c1ccnc(NC2CCCNC2)n1. The van der Waals surface area contributed by atoms with Gasteiger partial charge in [-0.15, -0.1) is 0 Å². The Morgan fingerprint density at radius 1 is 1.05 bits per heavy atom. The molecule has 198 valence electrons. The molecule has 1 unspecified atom stereocenters. The van der Waals surface area contributed by atoms with E-state index in [4.69, 9.17) is 9.72 Å². The van der Waals surface area contributed by atoms with Crippen LogP contribution in [0, 0.1) is 18.3 Å². The highest BCUT2D eigenvalue weighted by molar-refractivity contribution is 6.06. The third-order valence-electron chi connectivity index (χ3n) is 8.40. The highest BCUT2D eigenvalue weighted by atomic mass is 16.5. The summed E-state index contributed by atoms with van der Waals surface area (Å²) in [6, 6.07) is 16.1. The molecule has 8 heteroatoms. The molecule has 1 amide bonds. The van der Waals surface area contributed by atoms with E-state index in [-0.39, 0.29) is 11.8 Å². The smallest absolute Gasteiger partial charge is 0.228 e. The van der Waals surface area contributed by atoms with Crippen LogP contribution in [0.25, 0.3) is 22.0 Å². The molecule has 0 radical (unpaired) electrons. The van der Waals surface area contributed by atoms with Gasteiger partial charge in [-0.25, -0.2) is 15.0 Å². The van der Waals surface area contributed by atoms with Gasteiger partial charge in [0.15, 0.2) is 0 Å². The summed E-state index contributed by atoms with van der Waals surface area (Å²) in [6.45, 7) is 3.98. The predicted octanol–water partition coefficient (Wildman–Crippen LogP) is 5.70. The molecule has 2 saturated carbocycles. The third-order valence-corrected chi connectivity index (χ3v) is 8.40. The Bertz CT molecular complexity index is 1560. The number of piperidine rings is 1. The fourth-order valence-corrected chi connectivity index (χ4v) is 5.83. The van der Waals surface area contributed by atoms with Crippen LogP contribution >= 0.6 is 0 Å². The van der Waals surface area contributed by atoms with Gasteiger partial charge in [0, 0.05) is 47.4 Å². The second-order valence-corrected chi connectivity index (χ2v) is 11.1. The first kappa shape index (κ1) is 24.0. The van der Waals surface area contributed by atoms with Crippen molar-refractivity contribution in [3.8, 4) is 22.9 Å². The molecule has 8 nitrogen and oxygen atoms in total. The zero-order valence-electron chi connectivity index (χ0n) is 22.0. The number of carbonyl (C=O) groups is 1. The van der Waals surface area contributed by atoms with Gasteiger partial charge in [0.2, 0.25) is 17.7 Å². The number of anilines is 2. The highest BCUT2D eigenvalue weighted by Gasteiger charge is 2.65. The van der Waals surface area contributed by atoms with Crippen molar-refractivity contribution in [2.75, 3.05) is 23.7 Å². The average molecular weight is 521 g/mol. The molecule has 0 bridgehead atoms. The Morgan fingerprint density at radius 2 is 1.97 bits per heavy atom. The van der Waals surface area contributed by atoms with Gasteiger partial charge in [-0.05, 0) is 80.8 Å². The summed E-state index contributed by atoms with van der Waals surface area (Å²) < 4.78 is 6.55. The van der Waals surface area contributed by atoms with Gasteiger partial charge in [0.1, 0.15) is 5.75 Å². The maximum absolute atomic E-state index is 12.9. The number of amides is 1. The number of aromatic nitrogens is 3. The summed E-state index contributed by atoms with van der Waals surface area (Å²) >= 11 is 0.